The molecule has 0 aliphatic heterocycles. The van der Waals surface area contributed by atoms with Crippen LogP contribution in [-0.2, 0) is 18.4 Å². The summed E-state index contributed by atoms with van der Waals surface area (Å²) in [5.74, 6) is 0.610. The molecular formula is C21H29N3O2. The van der Waals surface area contributed by atoms with Gasteiger partial charge >= 0.3 is 0 Å². The molecule has 1 aliphatic rings. The quantitative estimate of drug-likeness (QED) is 0.748. The van der Waals surface area contributed by atoms with E-state index in [9.17, 15) is 4.79 Å². The molecule has 0 saturated heterocycles. The first-order valence-electron chi connectivity index (χ1n) is 9.64. The van der Waals surface area contributed by atoms with E-state index in [4.69, 9.17) is 10.1 Å². The molecule has 1 atom stereocenters. The molecule has 5 heteroatoms. The fourth-order valence-electron chi connectivity index (χ4n) is 3.85. The molecule has 140 valence electrons. The van der Waals surface area contributed by atoms with Gasteiger partial charge in [-0.25, -0.2) is 4.98 Å². The average Bonchev–Trinajstić information content (AvgIpc) is 2.64. The summed E-state index contributed by atoms with van der Waals surface area (Å²) >= 11 is 0. The summed E-state index contributed by atoms with van der Waals surface area (Å²) in [6, 6.07) is 8.27. The number of aliphatic hydroxyl groups excluding tert-OH is 1. The van der Waals surface area contributed by atoms with Gasteiger partial charge in [0.1, 0.15) is 0 Å². The number of fused-ring (bicyclic) bond motifs is 3. The molecule has 0 bridgehead atoms. The number of nitrogens with one attached hydrogen (secondary N) is 1. The van der Waals surface area contributed by atoms with Gasteiger partial charge in [-0.05, 0) is 31.2 Å². The normalized spacial score (nSPS) is 18.3. The standard InChI is InChI=1S/C21H29N3O2/c1-4-12-24-19(26)17-18(23-20(24)22-11-8-13-25)16-10-7-6-9-15(16)14-21(17,3)5-2/h6-7,9-10,25H,4-5,8,11-14H2,1-3H3,(H,22,23). The Morgan fingerprint density at radius 2 is 2.08 bits per heavy atom. The highest BCUT2D eigenvalue weighted by Gasteiger charge is 2.38. The summed E-state index contributed by atoms with van der Waals surface area (Å²) in [7, 11) is 0. The average molecular weight is 355 g/mol. The molecule has 0 saturated carbocycles. The van der Waals surface area contributed by atoms with E-state index in [0.717, 1.165) is 36.1 Å². The Hall–Kier alpha value is -2.14. The van der Waals surface area contributed by atoms with Crippen LogP contribution in [0.25, 0.3) is 11.3 Å². The van der Waals surface area contributed by atoms with Gasteiger partial charge in [0.15, 0.2) is 0 Å². The monoisotopic (exact) mass is 355 g/mol. The first-order chi connectivity index (χ1) is 12.6. The molecule has 0 fully saturated rings. The molecule has 1 aliphatic carbocycles. The predicted molar refractivity (Wildman–Crippen MR) is 106 cm³/mol. The first kappa shape index (κ1) is 18.6. The van der Waals surface area contributed by atoms with E-state index in [1.807, 2.05) is 6.07 Å². The lowest BCUT2D eigenvalue weighted by Gasteiger charge is -2.36. The van der Waals surface area contributed by atoms with Gasteiger partial charge < -0.3 is 10.4 Å². The van der Waals surface area contributed by atoms with Gasteiger partial charge in [-0.15, -0.1) is 0 Å². The Morgan fingerprint density at radius 1 is 1.31 bits per heavy atom. The van der Waals surface area contributed by atoms with Crippen LogP contribution in [0.3, 0.4) is 0 Å². The summed E-state index contributed by atoms with van der Waals surface area (Å²) in [4.78, 5) is 18.4. The van der Waals surface area contributed by atoms with Gasteiger partial charge in [-0.1, -0.05) is 45.0 Å². The molecule has 2 N–H and O–H groups in total. The minimum absolute atomic E-state index is 0.0715. The highest BCUT2D eigenvalue weighted by atomic mass is 16.3. The maximum absolute atomic E-state index is 13.5. The molecule has 1 heterocycles. The second-order valence-electron chi connectivity index (χ2n) is 7.37. The molecule has 1 aromatic heterocycles. The van der Waals surface area contributed by atoms with Crippen molar-refractivity contribution in [2.24, 2.45) is 0 Å². The topological polar surface area (TPSA) is 67.2 Å². The van der Waals surface area contributed by atoms with Crippen molar-refractivity contribution in [2.75, 3.05) is 18.5 Å². The highest BCUT2D eigenvalue weighted by Crippen LogP contribution is 2.42. The summed E-state index contributed by atoms with van der Waals surface area (Å²) in [5, 5.41) is 12.3. The minimum Gasteiger partial charge on any atom is -0.396 e. The molecular weight excluding hydrogens is 326 g/mol. The number of aliphatic hydroxyl groups is 1. The van der Waals surface area contributed by atoms with Crippen LogP contribution in [0.4, 0.5) is 5.95 Å². The van der Waals surface area contributed by atoms with Gasteiger partial charge in [0.05, 0.1) is 11.3 Å². The molecule has 2 aromatic rings. The molecule has 0 spiro atoms. The number of hydrogen-bond acceptors (Lipinski definition) is 4. The molecule has 1 aromatic carbocycles. The van der Waals surface area contributed by atoms with Crippen molar-refractivity contribution in [1.29, 1.82) is 0 Å². The molecule has 0 amide bonds. The van der Waals surface area contributed by atoms with E-state index in [2.05, 4.69) is 44.3 Å². The van der Waals surface area contributed by atoms with Crippen LogP contribution in [0.1, 0.15) is 51.2 Å². The second-order valence-corrected chi connectivity index (χ2v) is 7.37. The van der Waals surface area contributed by atoms with Crippen molar-refractivity contribution in [3.63, 3.8) is 0 Å². The lowest BCUT2D eigenvalue weighted by molar-refractivity contribution is 0.292. The third-order valence-corrected chi connectivity index (χ3v) is 5.47. The van der Waals surface area contributed by atoms with E-state index in [1.54, 1.807) is 4.57 Å². The molecule has 5 nitrogen and oxygen atoms in total. The van der Waals surface area contributed by atoms with Crippen molar-refractivity contribution in [3.8, 4) is 11.3 Å². The molecule has 0 radical (unpaired) electrons. The fraction of sp³-hybridized carbons (Fsp3) is 0.524. The largest absolute Gasteiger partial charge is 0.396 e. The van der Waals surface area contributed by atoms with Gasteiger partial charge in [0.25, 0.3) is 5.56 Å². The van der Waals surface area contributed by atoms with Crippen LogP contribution in [-0.4, -0.2) is 27.8 Å². The lowest BCUT2D eigenvalue weighted by atomic mass is 9.69. The number of benzene rings is 1. The lowest BCUT2D eigenvalue weighted by Crippen LogP contribution is -2.40. The van der Waals surface area contributed by atoms with Gasteiger partial charge in [0.2, 0.25) is 5.95 Å². The molecule has 26 heavy (non-hydrogen) atoms. The minimum atomic E-state index is -0.201. The van der Waals surface area contributed by atoms with Gasteiger partial charge in [-0.3, -0.25) is 9.36 Å². The van der Waals surface area contributed by atoms with E-state index >= 15 is 0 Å². The Morgan fingerprint density at radius 3 is 2.77 bits per heavy atom. The molecule has 3 rings (SSSR count). The van der Waals surface area contributed by atoms with Gasteiger partial charge in [0, 0.05) is 30.7 Å². The van der Waals surface area contributed by atoms with Crippen molar-refractivity contribution < 1.29 is 5.11 Å². The smallest absolute Gasteiger partial charge is 0.259 e. The van der Waals surface area contributed by atoms with Crippen LogP contribution >= 0.6 is 0 Å². The van der Waals surface area contributed by atoms with Crippen LogP contribution in [0.15, 0.2) is 29.1 Å². The molecule has 1 unspecified atom stereocenters. The van der Waals surface area contributed by atoms with Crippen molar-refractivity contribution in [3.05, 3.63) is 45.7 Å². The van der Waals surface area contributed by atoms with E-state index in [1.165, 1.54) is 5.56 Å². The van der Waals surface area contributed by atoms with Crippen LogP contribution in [0, 0.1) is 0 Å². The van der Waals surface area contributed by atoms with Crippen molar-refractivity contribution in [2.45, 2.75) is 58.4 Å². The number of rotatable bonds is 7. The van der Waals surface area contributed by atoms with E-state index in [0.29, 0.717) is 25.5 Å². The van der Waals surface area contributed by atoms with Gasteiger partial charge in [-0.2, -0.15) is 0 Å². The second kappa shape index (κ2) is 7.62. The van der Waals surface area contributed by atoms with E-state index < -0.39 is 0 Å². The number of aromatic nitrogens is 2. The Bertz CT molecular complexity index is 844. The van der Waals surface area contributed by atoms with Crippen molar-refractivity contribution in [1.82, 2.24) is 9.55 Å². The van der Waals surface area contributed by atoms with Crippen LogP contribution in [0.2, 0.25) is 0 Å². The predicted octanol–water partition coefficient (Wildman–Crippen LogP) is 3.34. The zero-order valence-electron chi connectivity index (χ0n) is 16.0. The maximum atomic E-state index is 13.5. The third-order valence-electron chi connectivity index (χ3n) is 5.47. The van der Waals surface area contributed by atoms with E-state index in [-0.39, 0.29) is 17.6 Å². The number of hydrogen-bond donors (Lipinski definition) is 2. The maximum Gasteiger partial charge on any atom is 0.259 e. The van der Waals surface area contributed by atoms with Crippen molar-refractivity contribution >= 4 is 5.95 Å². The fourth-order valence-corrected chi connectivity index (χ4v) is 3.85. The highest BCUT2D eigenvalue weighted by molar-refractivity contribution is 5.72. The SMILES string of the molecule is CCCn1c(NCCCO)nc2c(c1=O)C(C)(CC)Cc1ccccc1-2. The van der Waals surface area contributed by atoms with Crippen LogP contribution in [0.5, 0.6) is 0 Å². The summed E-state index contributed by atoms with van der Waals surface area (Å²) < 4.78 is 1.78. The Kier molecular flexibility index (Phi) is 5.47. The Labute approximate surface area is 155 Å². The summed E-state index contributed by atoms with van der Waals surface area (Å²) in [6.45, 7) is 7.75. The summed E-state index contributed by atoms with van der Waals surface area (Å²) in [5.41, 5.74) is 3.86. The first-order valence-corrected chi connectivity index (χ1v) is 9.64. The Balaban J connectivity index is 2.24. The number of nitrogens with zero attached hydrogens (tertiary/aromatic N) is 2. The zero-order valence-corrected chi connectivity index (χ0v) is 16.0. The van der Waals surface area contributed by atoms with Crippen LogP contribution < -0.4 is 10.9 Å². The number of anilines is 1. The third kappa shape index (κ3) is 3.16. The zero-order chi connectivity index (χ0) is 18.7. The summed E-state index contributed by atoms with van der Waals surface area (Å²) in [6.07, 6.45) is 3.26.